The number of carbonyl (C=O) groups excluding carboxylic acids is 1. The van der Waals surface area contributed by atoms with Crippen LogP contribution in [0.4, 0.5) is 0 Å². The van der Waals surface area contributed by atoms with E-state index in [1.165, 1.54) is 24.3 Å². The number of benzene rings is 1. The van der Waals surface area contributed by atoms with E-state index in [9.17, 15) is 18.0 Å². The van der Waals surface area contributed by atoms with Gasteiger partial charge in [-0.15, -0.1) is 0 Å². The van der Waals surface area contributed by atoms with Crippen LogP contribution < -0.4 is 10.0 Å². The molecule has 8 heteroatoms. The minimum atomic E-state index is -3.62. The number of hydrogen-bond donors (Lipinski definition) is 3. The summed E-state index contributed by atoms with van der Waals surface area (Å²) in [6.07, 6.45) is 2.75. The topological polar surface area (TPSA) is 113 Å². The number of aliphatic carboxylic acids is 1. The van der Waals surface area contributed by atoms with Crippen molar-refractivity contribution < 1.29 is 23.1 Å². The van der Waals surface area contributed by atoms with Gasteiger partial charge in [0.25, 0.3) is 5.91 Å². The largest absolute Gasteiger partial charge is 0.481 e. The summed E-state index contributed by atoms with van der Waals surface area (Å²) in [7, 11) is -3.62. The van der Waals surface area contributed by atoms with Crippen LogP contribution in [0.1, 0.15) is 36.0 Å². The highest BCUT2D eigenvalue weighted by Gasteiger charge is 2.50. The predicted molar refractivity (Wildman–Crippen MR) is 81.4 cm³/mol. The van der Waals surface area contributed by atoms with E-state index in [2.05, 4.69) is 10.0 Å². The summed E-state index contributed by atoms with van der Waals surface area (Å²) in [4.78, 5) is 23.3. The van der Waals surface area contributed by atoms with Gasteiger partial charge in [-0.2, -0.15) is 0 Å². The van der Waals surface area contributed by atoms with Crippen molar-refractivity contribution in [3.63, 3.8) is 0 Å². The third kappa shape index (κ3) is 3.53. The van der Waals surface area contributed by atoms with Crippen LogP contribution in [0.15, 0.2) is 29.2 Å². The normalized spacial score (nSPS) is 19.1. The molecule has 2 aliphatic carbocycles. The second-order valence-corrected chi connectivity index (χ2v) is 7.91. The standard InChI is InChI=1S/C15H18N2O5S/c18-13(16-9-15(6-7-15)14(19)20)10-2-1-3-12(8-10)23(21,22)17-11-4-5-11/h1-3,8,11,17H,4-7,9H2,(H,16,18)(H,19,20). The van der Waals surface area contributed by atoms with Gasteiger partial charge in [0.15, 0.2) is 0 Å². The number of amides is 1. The van der Waals surface area contributed by atoms with Gasteiger partial charge in [0.2, 0.25) is 10.0 Å². The Balaban J connectivity index is 1.69. The summed E-state index contributed by atoms with van der Waals surface area (Å²) in [5.41, 5.74) is -0.655. The second kappa shape index (κ2) is 5.61. The molecule has 0 heterocycles. The summed E-state index contributed by atoms with van der Waals surface area (Å²) in [5.74, 6) is -1.39. The molecule has 124 valence electrons. The van der Waals surface area contributed by atoms with E-state index in [0.717, 1.165) is 12.8 Å². The number of nitrogens with one attached hydrogen (secondary N) is 2. The maximum Gasteiger partial charge on any atom is 0.311 e. The highest BCUT2D eigenvalue weighted by Crippen LogP contribution is 2.45. The van der Waals surface area contributed by atoms with Crippen LogP contribution in [-0.2, 0) is 14.8 Å². The van der Waals surface area contributed by atoms with Gasteiger partial charge in [-0.3, -0.25) is 9.59 Å². The smallest absolute Gasteiger partial charge is 0.311 e. The van der Waals surface area contributed by atoms with Gasteiger partial charge < -0.3 is 10.4 Å². The molecule has 0 aromatic heterocycles. The Morgan fingerprint density at radius 1 is 1.26 bits per heavy atom. The fourth-order valence-electron chi connectivity index (χ4n) is 2.26. The summed E-state index contributed by atoms with van der Waals surface area (Å²) in [6.45, 7) is 0.0540. The molecule has 3 rings (SSSR count). The fraction of sp³-hybridized carbons (Fsp3) is 0.467. The quantitative estimate of drug-likeness (QED) is 0.678. The van der Waals surface area contributed by atoms with Gasteiger partial charge in [0.05, 0.1) is 10.3 Å². The molecule has 0 saturated heterocycles. The van der Waals surface area contributed by atoms with Gasteiger partial charge >= 0.3 is 5.97 Å². The molecule has 0 atom stereocenters. The number of hydrogen-bond acceptors (Lipinski definition) is 4. The molecule has 2 saturated carbocycles. The van der Waals surface area contributed by atoms with Crippen molar-refractivity contribution in [3.8, 4) is 0 Å². The average Bonchev–Trinajstić information content (AvgIpc) is 3.40. The van der Waals surface area contributed by atoms with Gasteiger partial charge in [-0.25, -0.2) is 13.1 Å². The molecule has 0 aliphatic heterocycles. The number of carboxylic acids is 1. The lowest BCUT2D eigenvalue weighted by molar-refractivity contribution is -0.143. The van der Waals surface area contributed by atoms with E-state index in [4.69, 9.17) is 5.11 Å². The molecular weight excluding hydrogens is 320 g/mol. The Labute approximate surface area is 134 Å². The van der Waals surface area contributed by atoms with Gasteiger partial charge in [0, 0.05) is 18.2 Å². The van der Waals surface area contributed by atoms with Gasteiger partial charge in [-0.05, 0) is 43.9 Å². The number of rotatable bonds is 7. The summed E-state index contributed by atoms with van der Waals surface area (Å²) in [6, 6.07) is 5.73. The molecular formula is C15H18N2O5S. The summed E-state index contributed by atoms with van der Waals surface area (Å²) < 4.78 is 26.9. The first-order chi connectivity index (χ1) is 10.8. The van der Waals surface area contributed by atoms with E-state index in [1.54, 1.807) is 0 Å². The van der Waals surface area contributed by atoms with Crippen molar-refractivity contribution in [2.45, 2.75) is 36.6 Å². The molecule has 2 aliphatic rings. The Kier molecular flexibility index (Phi) is 3.89. The minimum absolute atomic E-state index is 0.0113. The van der Waals surface area contributed by atoms with Crippen LogP contribution in [-0.4, -0.2) is 38.0 Å². The van der Waals surface area contributed by atoms with Crippen molar-refractivity contribution in [2.75, 3.05) is 6.54 Å². The van der Waals surface area contributed by atoms with Crippen LogP contribution in [0.3, 0.4) is 0 Å². The first-order valence-corrected chi connectivity index (χ1v) is 8.95. The lowest BCUT2D eigenvalue weighted by atomic mass is 10.1. The molecule has 0 unspecified atom stereocenters. The zero-order valence-electron chi connectivity index (χ0n) is 12.4. The highest BCUT2D eigenvalue weighted by molar-refractivity contribution is 7.89. The first-order valence-electron chi connectivity index (χ1n) is 7.46. The first kappa shape index (κ1) is 15.9. The van der Waals surface area contributed by atoms with E-state index in [1.807, 2.05) is 0 Å². The molecule has 2 fully saturated rings. The van der Waals surface area contributed by atoms with E-state index >= 15 is 0 Å². The molecule has 3 N–H and O–H groups in total. The zero-order valence-corrected chi connectivity index (χ0v) is 13.2. The van der Waals surface area contributed by atoms with Crippen molar-refractivity contribution in [1.29, 1.82) is 0 Å². The maximum atomic E-state index is 12.2. The number of carboxylic acid groups (broad SMARTS) is 1. The summed E-state index contributed by atoms with van der Waals surface area (Å²) >= 11 is 0. The molecule has 0 spiro atoms. The second-order valence-electron chi connectivity index (χ2n) is 6.19. The molecule has 23 heavy (non-hydrogen) atoms. The third-order valence-corrected chi connectivity index (χ3v) is 5.72. The van der Waals surface area contributed by atoms with Gasteiger partial charge in [0.1, 0.15) is 0 Å². The Hall–Kier alpha value is -1.93. The third-order valence-electron chi connectivity index (χ3n) is 4.20. The van der Waals surface area contributed by atoms with Crippen molar-refractivity contribution in [2.24, 2.45) is 5.41 Å². The lowest BCUT2D eigenvalue weighted by Gasteiger charge is -2.12. The Morgan fingerprint density at radius 3 is 2.52 bits per heavy atom. The van der Waals surface area contributed by atoms with Crippen LogP contribution in [0, 0.1) is 5.41 Å². The molecule has 7 nitrogen and oxygen atoms in total. The van der Waals surface area contributed by atoms with Crippen molar-refractivity contribution >= 4 is 21.9 Å². The van der Waals surface area contributed by atoms with Crippen LogP contribution in [0.25, 0.3) is 0 Å². The number of carbonyl (C=O) groups is 2. The summed E-state index contributed by atoms with van der Waals surface area (Å²) in [5, 5.41) is 11.7. The molecule has 1 amide bonds. The number of sulfonamides is 1. The zero-order chi connectivity index (χ0) is 16.7. The predicted octanol–water partition coefficient (Wildman–Crippen LogP) is 0.722. The van der Waals surface area contributed by atoms with E-state index in [0.29, 0.717) is 12.8 Å². The van der Waals surface area contributed by atoms with Crippen molar-refractivity contribution in [1.82, 2.24) is 10.0 Å². The molecule has 1 aromatic carbocycles. The van der Waals surface area contributed by atoms with Crippen molar-refractivity contribution in [3.05, 3.63) is 29.8 Å². The molecule has 0 bridgehead atoms. The van der Waals surface area contributed by atoms with E-state index in [-0.39, 0.29) is 23.0 Å². The monoisotopic (exact) mass is 338 g/mol. The Morgan fingerprint density at radius 2 is 1.96 bits per heavy atom. The maximum absolute atomic E-state index is 12.2. The Bertz CT molecular complexity index is 751. The van der Waals surface area contributed by atoms with E-state index < -0.39 is 27.3 Å². The highest BCUT2D eigenvalue weighted by atomic mass is 32.2. The minimum Gasteiger partial charge on any atom is -0.481 e. The van der Waals surface area contributed by atoms with Gasteiger partial charge in [-0.1, -0.05) is 6.07 Å². The van der Waals surface area contributed by atoms with Crippen LogP contribution >= 0.6 is 0 Å². The van der Waals surface area contributed by atoms with Crippen LogP contribution in [0.2, 0.25) is 0 Å². The average molecular weight is 338 g/mol. The van der Waals surface area contributed by atoms with Crippen LogP contribution in [0.5, 0.6) is 0 Å². The lowest BCUT2D eigenvalue weighted by Crippen LogP contribution is -2.34. The molecule has 0 radical (unpaired) electrons. The molecule has 1 aromatic rings. The fourth-order valence-corrected chi connectivity index (χ4v) is 3.61. The SMILES string of the molecule is O=C(NCC1(C(=O)O)CC1)c1cccc(S(=O)(=O)NC2CC2)c1.